The Balaban J connectivity index is 2.57. The zero-order valence-electron chi connectivity index (χ0n) is 10.3. The lowest BCUT2D eigenvalue weighted by Crippen LogP contribution is -2.12. The van der Waals surface area contributed by atoms with Gasteiger partial charge < -0.3 is 14.5 Å². The van der Waals surface area contributed by atoms with Gasteiger partial charge in [-0.2, -0.15) is 0 Å². The van der Waals surface area contributed by atoms with Gasteiger partial charge in [0.05, 0.1) is 24.6 Å². The van der Waals surface area contributed by atoms with Crippen molar-refractivity contribution in [3.8, 4) is 5.75 Å². The molecule has 1 N–H and O–H groups in total. The minimum atomic E-state index is -0.241. The lowest BCUT2D eigenvalue weighted by Gasteiger charge is -2.07. The zero-order valence-corrected chi connectivity index (χ0v) is 10.3. The van der Waals surface area contributed by atoms with Crippen molar-refractivity contribution in [3.05, 3.63) is 41.0 Å². The second kappa shape index (κ2) is 4.91. The van der Waals surface area contributed by atoms with Gasteiger partial charge in [0.1, 0.15) is 5.75 Å². The van der Waals surface area contributed by atoms with Gasteiger partial charge in [0.25, 0.3) is 5.56 Å². The number of aromatic nitrogens is 2. The summed E-state index contributed by atoms with van der Waals surface area (Å²) in [7, 11) is 1.55. The highest BCUT2D eigenvalue weighted by atomic mass is 16.5. The summed E-state index contributed by atoms with van der Waals surface area (Å²) in [5.74, 6) is 1.32. The van der Waals surface area contributed by atoms with Crippen LogP contribution in [0.3, 0.4) is 0 Å². The Hall–Kier alpha value is -2.30. The SMILES string of the molecule is C=C(OCC)c1nc2ccc(OC)cc2c(=O)[nH]1. The Morgan fingerprint density at radius 2 is 2.28 bits per heavy atom. The Bertz CT molecular complexity index is 646. The molecule has 2 rings (SSSR count). The molecule has 0 bridgehead atoms. The monoisotopic (exact) mass is 246 g/mol. The minimum absolute atomic E-state index is 0.241. The maximum Gasteiger partial charge on any atom is 0.259 e. The first-order valence-electron chi connectivity index (χ1n) is 5.56. The molecule has 1 aromatic carbocycles. The second-order valence-electron chi connectivity index (χ2n) is 3.65. The standard InChI is InChI=1S/C13H14N2O3/c1-4-18-8(2)12-14-11-6-5-9(17-3)7-10(11)13(16)15-12/h5-7H,2,4H2,1,3H3,(H,14,15,16). The van der Waals surface area contributed by atoms with E-state index in [1.54, 1.807) is 25.3 Å². The molecule has 0 atom stereocenters. The highest BCUT2D eigenvalue weighted by molar-refractivity contribution is 5.80. The number of benzene rings is 1. The lowest BCUT2D eigenvalue weighted by molar-refractivity contribution is 0.296. The Morgan fingerprint density at radius 1 is 1.50 bits per heavy atom. The van der Waals surface area contributed by atoms with Gasteiger partial charge in [-0.15, -0.1) is 0 Å². The van der Waals surface area contributed by atoms with Crippen LogP contribution in [0.5, 0.6) is 5.75 Å². The Labute approximate surface area is 104 Å². The first kappa shape index (κ1) is 12.2. The number of nitrogens with zero attached hydrogens (tertiary/aromatic N) is 1. The molecule has 2 aromatic rings. The van der Waals surface area contributed by atoms with E-state index >= 15 is 0 Å². The van der Waals surface area contributed by atoms with Crippen LogP contribution in [-0.4, -0.2) is 23.7 Å². The van der Waals surface area contributed by atoms with Crippen LogP contribution in [0.2, 0.25) is 0 Å². The summed E-state index contributed by atoms with van der Waals surface area (Å²) in [5, 5.41) is 0.474. The van der Waals surface area contributed by atoms with E-state index in [0.29, 0.717) is 34.8 Å². The maximum atomic E-state index is 11.9. The summed E-state index contributed by atoms with van der Waals surface area (Å²) >= 11 is 0. The lowest BCUT2D eigenvalue weighted by atomic mass is 10.2. The van der Waals surface area contributed by atoms with E-state index in [1.807, 2.05) is 6.92 Å². The summed E-state index contributed by atoms with van der Waals surface area (Å²) < 4.78 is 10.3. The van der Waals surface area contributed by atoms with E-state index in [1.165, 1.54) is 0 Å². The molecule has 0 aliphatic rings. The van der Waals surface area contributed by atoms with Crippen LogP contribution in [0.25, 0.3) is 16.7 Å². The van der Waals surface area contributed by atoms with Crippen LogP contribution < -0.4 is 10.3 Å². The van der Waals surface area contributed by atoms with Crippen molar-refractivity contribution in [1.29, 1.82) is 0 Å². The van der Waals surface area contributed by atoms with E-state index in [2.05, 4.69) is 16.5 Å². The number of fused-ring (bicyclic) bond motifs is 1. The molecule has 0 unspecified atom stereocenters. The molecule has 94 valence electrons. The van der Waals surface area contributed by atoms with Crippen LogP contribution in [0.4, 0.5) is 0 Å². The smallest absolute Gasteiger partial charge is 0.259 e. The Kier molecular flexibility index (Phi) is 3.32. The van der Waals surface area contributed by atoms with Crippen molar-refractivity contribution < 1.29 is 9.47 Å². The van der Waals surface area contributed by atoms with E-state index in [9.17, 15) is 4.79 Å². The van der Waals surface area contributed by atoms with Crippen molar-refractivity contribution in [2.24, 2.45) is 0 Å². The largest absolute Gasteiger partial charge is 0.497 e. The van der Waals surface area contributed by atoms with Crippen LogP contribution in [0, 0.1) is 0 Å². The third-order valence-electron chi connectivity index (χ3n) is 2.50. The molecule has 0 saturated heterocycles. The van der Waals surface area contributed by atoms with Gasteiger partial charge in [-0.05, 0) is 25.1 Å². The fourth-order valence-corrected chi connectivity index (χ4v) is 1.62. The third kappa shape index (κ3) is 2.20. The van der Waals surface area contributed by atoms with E-state index in [4.69, 9.17) is 9.47 Å². The molecule has 5 nitrogen and oxygen atoms in total. The van der Waals surface area contributed by atoms with Crippen molar-refractivity contribution in [2.45, 2.75) is 6.92 Å². The quantitative estimate of drug-likeness (QED) is 0.837. The normalized spacial score (nSPS) is 10.3. The molecule has 0 radical (unpaired) electrons. The molecule has 5 heteroatoms. The summed E-state index contributed by atoms with van der Waals surface area (Å²) in [6, 6.07) is 5.13. The summed E-state index contributed by atoms with van der Waals surface area (Å²) in [6.45, 7) is 6.03. The second-order valence-corrected chi connectivity index (χ2v) is 3.65. The van der Waals surface area contributed by atoms with Gasteiger partial charge in [0.2, 0.25) is 0 Å². The summed E-state index contributed by atoms with van der Waals surface area (Å²) in [6.07, 6.45) is 0. The number of ether oxygens (including phenoxy) is 2. The molecule has 0 aliphatic carbocycles. The highest BCUT2D eigenvalue weighted by Gasteiger charge is 2.08. The number of nitrogens with one attached hydrogen (secondary N) is 1. The minimum Gasteiger partial charge on any atom is -0.497 e. The van der Waals surface area contributed by atoms with Gasteiger partial charge in [-0.25, -0.2) is 4.98 Å². The number of hydrogen-bond acceptors (Lipinski definition) is 4. The molecule has 18 heavy (non-hydrogen) atoms. The van der Waals surface area contributed by atoms with Crippen LogP contribution in [0.15, 0.2) is 29.6 Å². The fraction of sp³-hybridized carbons (Fsp3) is 0.231. The van der Waals surface area contributed by atoms with Crippen molar-refractivity contribution in [2.75, 3.05) is 13.7 Å². The van der Waals surface area contributed by atoms with Gasteiger partial charge in [-0.3, -0.25) is 4.79 Å². The summed E-state index contributed by atoms with van der Waals surface area (Å²) in [5.41, 5.74) is 0.338. The van der Waals surface area contributed by atoms with E-state index in [0.717, 1.165) is 0 Å². The zero-order chi connectivity index (χ0) is 13.1. The van der Waals surface area contributed by atoms with Gasteiger partial charge in [-0.1, -0.05) is 6.58 Å². The molecule has 0 fully saturated rings. The van der Waals surface area contributed by atoms with Crippen LogP contribution in [-0.2, 0) is 4.74 Å². The molecule has 0 saturated carbocycles. The van der Waals surface area contributed by atoms with Crippen molar-refractivity contribution in [1.82, 2.24) is 9.97 Å². The average Bonchev–Trinajstić information content (AvgIpc) is 2.38. The molecule has 1 aromatic heterocycles. The molecule has 0 spiro atoms. The van der Waals surface area contributed by atoms with Gasteiger partial charge in [0, 0.05) is 0 Å². The average molecular weight is 246 g/mol. The predicted molar refractivity (Wildman–Crippen MR) is 69.6 cm³/mol. The topological polar surface area (TPSA) is 64.2 Å². The Morgan fingerprint density at radius 3 is 2.94 bits per heavy atom. The highest BCUT2D eigenvalue weighted by Crippen LogP contribution is 2.17. The van der Waals surface area contributed by atoms with E-state index in [-0.39, 0.29) is 5.56 Å². The molecule has 0 aliphatic heterocycles. The fourth-order valence-electron chi connectivity index (χ4n) is 1.62. The predicted octanol–water partition coefficient (Wildman–Crippen LogP) is 1.94. The van der Waals surface area contributed by atoms with Crippen molar-refractivity contribution >= 4 is 16.7 Å². The van der Waals surface area contributed by atoms with Gasteiger partial charge in [0.15, 0.2) is 11.6 Å². The summed E-state index contributed by atoms with van der Waals surface area (Å²) in [4.78, 5) is 18.9. The molecule has 0 amide bonds. The maximum absolute atomic E-state index is 11.9. The number of H-pyrrole nitrogens is 1. The first-order valence-corrected chi connectivity index (χ1v) is 5.56. The number of hydrogen-bond donors (Lipinski definition) is 1. The van der Waals surface area contributed by atoms with Gasteiger partial charge >= 0.3 is 0 Å². The van der Waals surface area contributed by atoms with E-state index < -0.39 is 0 Å². The molecule has 1 heterocycles. The first-order chi connectivity index (χ1) is 8.65. The number of methoxy groups -OCH3 is 1. The van der Waals surface area contributed by atoms with Crippen molar-refractivity contribution in [3.63, 3.8) is 0 Å². The van der Waals surface area contributed by atoms with Crippen LogP contribution >= 0.6 is 0 Å². The number of rotatable bonds is 4. The molecular weight excluding hydrogens is 232 g/mol. The third-order valence-corrected chi connectivity index (χ3v) is 2.50. The van der Waals surface area contributed by atoms with Crippen LogP contribution in [0.1, 0.15) is 12.7 Å². The number of aromatic amines is 1. The molecular formula is C13H14N2O3.